The molecule has 1 heterocycles. The number of nitrogen functional groups attached to an aromatic ring is 1. The van der Waals surface area contributed by atoms with Gasteiger partial charge in [-0.25, -0.2) is 5.48 Å². The Morgan fingerprint density at radius 3 is 2.54 bits per heavy atom. The van der Waals surface area contributed by atoms with Crippen LogP contribution in [0.5, 0.6) is 0 Å². The molecule has 0 amide bonds. The third-order valence-corrected chi connectivity index (χ3v) is 1.23. The summed E-state index contributed by atoms with van der Waals surface area (Å²) < 4.78 is 0. The molecule has 13 heavy (non-hydrogen) atoms. The molecule has 1 aromatic heterocycles. The summed E-state index contributed by atoms with van der Waals surface area (Å²) in [7, 11) is 5.09. The molecule has 0 radical (unpaired) electrons. The molecule has 0 aliphatic carbocycles. The Bertz CT molecular complexity index is 288. The molecule has 1 aromatic rings. The van der Waals surface area contributed by atoms with Crippen molar-refractivity contribution in [2.45, 2.75) is 0 Å². The van der Waals surface area contributed by atoms with E-state index in [9.17, 15) is 0 Å². The zero-order valence-corrected chi connectivity index (χ0v) is 7.77. The van der Waals surface area contributed by atoms with E-state index in [1.54, 1.807) is 4.90 Å². The van der Waals surface area contributed by atoms with E-state index in [4.69, 9.17) is 5.73 Å². The molecule has 0 spiro atoms. The fourth-order valence-corrected chi connectivity index (χ4v) is 0.718. The van der Waals surface area contributed by atoms with Crippen molar-refractivity contribution < 1.29 is 4.84 Å². The van der Waals surface area contributed by atoms with Gasteiger partial charge < -0.3 is 10.6 Å². The van der Waals surface area contributed by atoms with E-state index in [1.807, 2.05) is 14.1 Å². The topological polar surface area (TPSA) is 89.2 Å². The van der Waals surface area contributed by atoms with Crippen molar-refractivity contribution in [2.24, 2.45) is 0 Å². The fraction of sp³-hybridized carbons (Fsp3) is 0.500. The number of nitrogens with zero attached hydrogens (tertiary/aromatic N) is 4. The average Bonchev–Trinajstić information content (AvgIpc) is 2.03. The van der Waals surface area contributed by atoms with Gasteiger partial charge in [0.2, 0.25) is 11.9 Å². The number of hydrogen-bond acceptors (Lipinski definition) is 7. The van der Waals surface area contributed by atoms with Crippen molar-refractivity contribution in [3.63, 3.8) is 0 Å². The van der Waals surface area contributed by atoms with E-state index in [2.05, 4.69) is 25.3 Å². The van der Waals surface area contributed by atoms with Crippen molar-refractivity contribution in [1.82, 2.24) is 15.0 Å². The van der Waals surface area contributed by atoms with Crippen LogP contribution in [0.25, 0.3) is 0 Å². The Morgan fingerprint density at radius 2 is 2.00 bits per heavy atom. The SMILES string of the molecule is CONc1nc(N)nc(N(C)C)n1. The maximum Gasteiger partial charge on any atom is 0.253 e. The summed E-state index contributed by atoms with van der Waals surface area (Å²) in [5, 5.41) is 0. The van der Waals surface area contributed by atoms with Gasteiger partial charge in [-0.05, 0) is 0 Å². The minimum Gasteiger partial charge on any atom is -0.368 e. The molecule has 72 valence electrons. The summed E-state index contributed by atoms with van der Waals surface area (Å²) in [4.78, 5) is 18.1. The van der Waals surface area contributed by atoms with E-state index in [0.29, 0.717) is 11.9 Å². The molecule has 0 bridgehead atoms. The highest BCUT2D eigenvalue weighted by atomic mass is 16.6. The van der Waals surface area contributed by atoms with Crippen molar-refractivity contribution in [1.29, 1.82) is 0 Å². The van der Waals surface area contributed by atoms with Gasteiger partial charge in [0.25, 0.3) is 5.95 Å². The van der Waals surface area contributed by atoms with E-state index in [0.717, 1.165) is 0 Å². The first-order chi connectivity index (χ1) is 6.13. The number of aromatic nitrogens is 3. The van der Waals surface area contributed by atoms with Crippen LogP contribution >= 0.6 is 0 Å². The Hall–Kier alpha value is -1.63. The Morgan fingerprint density at radius 1 is 1.31 bits per heavy atom. The van der Waals surface area contributed by atoms with Gasteiger partial charge >= 0.3 is 0 Å². The lowest BCUT2D eigenvalue weighted by Gasteiger charge is -2.11. The van der Waals surface area contributed by atoms with Gasteiger partial charge in [0.05, 0.1) is 7.11 Å². The average molecular weight is 184 g/mol. The smallest absolute Gasteiger partial charge is 0.253 e. The molecule has 0 saturated heterocycles. The zero-order valence-electron chi connectivity index (χ0n) is 7.77. The second-order valence-electron chi connectivity index (χ2n) is 2.52. The molecule has 7 nitrogen and oxygen atoms in total. The van der Waals surface area contributed by atoms with Gasteiger partial charge in [0, 0.05) is 14.1 Å². The van der Waals surface area contributed by atoms with Gasteiger partial charge in [0.1, 0.15) is 0 Å². The minimum atomic E-state index is 0.151. The van der Waals surface area contributed by atoms with Crippen molar-refractivity contribution in [3.8, 4) is 0 Å². The molecule has 0 aliphatic rings. The lowest BCUT2D eigenvalue weighted by Crippen LogP contribution is -2.16. The first-order valence-corrected chi connectivity index (χ1v) is 3.61. The Kier molecular flexibility index (Phi) is 2.80. The summed E-state index contributed by atoms with van der Waals surface area (Å²) in [6, 6.07) is 0. The monoisotopic (exact) mass is 184 g/mol. The maximum atomic E-state index is 5.44. The molecule has 0 saturated carbocycles. The van der Waals surface area contributed by atoms with Gasteiger partial charge in [-0.15, -0.1) is 0 Å². The Labute approximate surface area is 75.9 Å². The summed E-state index contributed by atoms with van der Waals surface area (Å²) in [6.07, 6.45) is 0. The van der Waals surface area contributed by atoms with E-state index in [-0.39, 0.29) is 5.95 Å². The molecule has 0 unspecified atom stereocenters. The number of nitrogens with one attached hydrogen (secondary N) is 1. The highest BCUT2D eigenvalue weighted by Crippen LogP contribution is 2.08. The highest BCUT2D eigenvalue weighted by Gasteiger charge is 2.04. The second kappa shape index (κ2) is 3.85. The third kappa shape index (κ3) is 2.41. The number of rotatable bonds is 3. The maximum absolute atomic E-state index is 5.44. The van der Waals surface area contributed by atoms with Gasteiger partial charge in [-0.2, -0.15) is 15.0 Å². The van der Waals surface area contributed by atoms with Crippen LogP contribution in [-0.2, 0) is 4.84 Å². The summed E-state index contributed by atoms with van der Waals surface area (Å²) in [6.45, 7) is 0. The first-order valence-electron chi connectivity index (χ1n) is 3.61. The normalized spacial score (nSPS) is 9.77. The van der Waals surface area contributed by atoms with Crippen LogP contribution in [0.1, 0.15) is 0 Å². The third-order valence-electron chi connectivity index (χ3n) is 1.23. The van der Waals surface area contributed by atoms with Gasteiger partial charge in [-0.1, -0.05) is 0 Å². The molecular weight excluding hydrogens is 172 g/mol. The largest absolute Gasteiger partial charge is 0.368 e. The number of nitrogens with two attached hydrogens (primary N) is 1. The van der Waals surface area contributed by atoms with Crippen LogP contribution < -0.4 is 16.1 Å². The van der Waals surface area contributed by atoms with Crippen LogP contribution in [0.3, 0.4) is 0 Å². The predicted molar refractivity (Wildman–Crippen MR) is 49.2 cm³/mol. The summed E-state index contributed by atoms with van der Waals surface area (Å²) in [5.41, 5.74) is 7.92. The summed E-state index contributed by atoms with van der Waals surface area (Å²) >= 11 is 0. The first kappa shape index (κ1) is 9.46. The van der Waals surface area contributed by atoms with Crippen molar-refractivity contribution in [2.75, 3.05) is 37.3 Å². The molecule has 0 atom stereocenters. The number of hydrogen-bond donors (Lipinski definition) is 2. The molecule has 3 N–H and O–H groups in total. The van der Waals surface area contributed by atoms with Gasteiger partial charge in [0.15, 0.2) is 0 Å². The fourth-order valence-electron chi connectivity index (χ4n) is 0.718. The van der Waals surface area contributed by atoms with Crippen LogP contribution in [0, 0.1) is 0 Å². The van der Waals surface area contributed by atoms with Crippen LogP contribution in [0.2, 0.25) is 0 Å². The zero-order chi connectivity index (χ0) is 9.84. The lowest BCUT2D eigenvalue weighted by molar-refractivity contribution is 0.267. The van der Waals surface area contributed by atoms with E-state index < -0.39 is 0 Å². The number of anilines is 3. The van der Waals surface area contributed by atoms with E-state index in [1.165, 1.54) is 7.11 Å². The molecule has 0 fully saturated rings. The second-order valence-corrected chi connectivity index (χ2v) is 2.52. The highest BCUT2D eigenvalue weighted by molar-refractivity contribution is 5.39. The minimum absolute atomic E-state index is 0.151. The van der Waals surface area contributed by atoms with Gasteiger partial charge in [-0.3, -0.25) is 4.84 Å². The van der Waals surface area contributed by atoms with Crippen molar-refractivity contribution in [3.05, 3.63) is 0 Å². The van der Waals surface area contributed by atoms with Crippen molar-refractivity contribution >= 4 is 17.8 Å². The van der Waals surface area contributed by atoms with Crippen LogP contribution in [-0.4, -0.2) is 36.2 Å². The summed E-state index contributed by atoms with van der Waals surface area (Å²) in [5.74, 6) is 0.920. The predicted octanol–water partition coefficient (Wildman–Crippen LogP) is -0.507. The molecule has 0 aromatic carbocycles. The van der Waals surface area contributed by atoms with E-state index >= 15 is 0 Å². The van der Waals surface area contributed by atoms with Crippen LogP contribution in [0.15, 0.2) is 0 Å². The standard InChI is InChI=1S/C6H12N6O/c1-12(2)6-9-4(7)8-5(10-6)11-13-3/h1-3H3,(H3,7,8,9,10,11). The molecule has 0 aliphatic heterocycles. The molecule has 7 heteroatoms. The molecular formula is C6H12N6O. The molecule has 1 rings (SSSR count). The quantitative estimate of drug-likeness (QED) is 0.611. The lowest BCUT2D eigenvalue weighted by atomic mass is 10.8. The Balaban J connectivity index is 2.96. The van der Waals surface area contributed by atoms with Crippen LogP contribution in [0.4, 0.5) is 17.8 Å².